The van der Waals surface area contributed by atoms with Crippen LogP contribution in [0.3, 0.4) is 0 Å². The van der Waals surface area contributed by atoms with Crippen LogP contribution in [-0.4, -0.2) is 37.1 Å². The van der Waals surface area contributed by atoms with Crippen LogP contribution in [-0.2, 0) is 16.6 Å². The first-order valence-corrected chi connectivity index (χ1v) is 9.67. The smallest absolute Gasteiger partial charge is 0.218 e. The average Bonchev–Trinajstić information content (AvgIpc) is 3.12. The highest BCUT2D eigenvalue weighted by molar-refractivity contribution is 7.89. The predicted molar refractivity (Wildman–Crippen MR) is 84.4 cm³/mol. The highest BCUT2D eigenvalue weighted by atomic mass is 32.2. The molecule has 1 fully saturated rings. The van der Waals surface area contributed by atoms with E-state index in [4.69, 9.17) is 0 Å². The second-order valence-electron chi connectivity index (χ2n) is 5.42. The molecule has 0 bridgehead atoms. The lowest BCUT2D eigenvalue weighted by Crippen LogP contribution is -2.42. The first-order chi connectivity index (χ1) is 9.55. The van der Waals surface area contributed by atoms with E-state index < -0.39 is 10.0 Å². The van der Waals surface area contributed by atoms with Crippen LogP contribution in [0.2, 0.25) is 0 Å². The maximum absolute atomic E-state index is 12.7. The van der Waals surface area contributed by atoms with E-state index >= 15 is 0 Å². The number of hydrogen-bond acceptors (Lipinski definition) is 4. The lowest BCUT2D eigenvalue weighted by atomic mass is 10.4. The van der Waals surface area contributed by atoms with Crippen LogP contribution in [0.1, 0.15) is 38.0 Å². The molecular formula is C14H24N2O2S2. The lowest BCUT2D eigenvalue weighted by molar-refractivity contribution is 0.393. The van der Waals surface area contributed by atoms with Gasteiger partial charge in [0.2, 0.25) is 10.0 Å². The van der Waals surface area contributed by atoms with E-state index in [1.807, 2.05) is 24.4 Å². The normalized spacial score (nSPS) is 17.6. The average molecular weight is 316 g/mol. The van der Waals surface area contributed by atoms with Gasteiger partial charge in [-0.2, -0.15) is 4.31 Å². The number of nitrogens with one attached hydrogen (secondary N) is 1. The second-order valence-corrected chi connectivity index (χ2v) is 8.75. The molecule has 1 N–H and O–H groups in total. The summed E-state index contributed by atoms with van der Waals surface area (Å²) >= 11 is 1.62. The Labute approximate surface area is 126 Å². The molecule has 0 spiro atoms. The molecule has 1 saturated carbocycles. The minimum Gasteiger partial charge on any atom is -0.315 e. The molecule has 1 atom stereocenters. The molecule has 2 rings (SSSR count). The van der Waals surface area contributed by atoms with Gasteiger partial charge in [-0.15, -0.1) is 11.3 Å². The molecule has 0 saturated heterocycles. The van der Waals surface area contributed by atoms with Crippen molar-refractivity contribution in [1.82, 2.24) is 9.62 Å². The van der Waals surface area contributed by atoms with Crippen LogP contribution in [0.5, 0.6) is 0 Å². The molecule has 6 heteroatoms. The van der Waals surface area contributed by atoms with E-state index in [2.05, 4.69) is 12.2 Å². The van der Waals surface area contributed by atoms with Crippen molar-refractivity contribution in [2.45, 2.75) is 50.9 Å². The van der Waals surface area contributed by atoms with Crippen molar-refractivity contribution in [3.8, 4) is 0 Å². The van der Waals surface area contributed by atoms with E-state index in [9.17, 15) is 8.42 Å². The summed E-state index contributed by atoms with van der Waals surface area (Å²) in [6.07, 6.45) is 3.02. The Bertz CT molecular complexity index is 495. The molecule has 1 aromatic rings. The van der Waals surface area contributed by atoms with Crippen LogP contribution in [0.4, 0.5) is 0 Å². The maximum Gasteiger partial charge on any atom is 0.218 e. The zero-order valence-electron chi connectivity index (χ0n) is 12.2. The molecule has 0 aromatic carbocycles. The Morgan fingerprint density at radius 1 is 1.50 bits per heavy atom. The van der Waals surface area contributed by atoms with E-state index in [0.29, 0.717) is 13.1 Å². The molecule has 1 aromatic heterocycles. The zero-order valence-corrected chi connectivity index (χ0v) is 13.8. The van der Waals surface area contributed by atoms with Gasteiger partial charge in [-0.1, -0.05) is 13.0 Å². The van der Waals surface area contributed by atoms with Gasteiger partial charge in [-0.25, -0.2) is 8.42 Å². The quantitative estimate of drug-likeness (QED) is 0.712. The van der Waals surface area contributed by atoms with Crippen LogP contribution in [0, 0.1) is 0 Å². The molecule has 4 nitrogen and oxygen atoms in total. The van der Waals surface area contributed by atoms with Crippen LogP contribution in [0.25, 0.3) is 0 Å². The summed E-state index contributed by atoms with van der Waals surface area (Å²) < 4.78 is 27.2. The first kappa shape index (κ1) is 15.9. The van der Waals surface area contributed by atoms with Crippen molar-refractivity contribution in [3.63, 3.8) is 0 Å². The standard InChI is InChI=1S/C14H24N2O2S2/c1-3-8-15-10-12(2)20(17,18)16(13-6-7-13)11-14-5-4-9-19-14/h4-5,9,12-13,15H,3,6-8,10-11H2,1-2H3. The number of thiophene rings is 1. The third kappa shape index (κ3) is 4.04. The fourth-order valence-corrected chi connectivity index (χ4v) is 4.68. The third-order valence-corrected chi connectivity index (χ3v) is 6.67. The summed E-state index contributed by atoms with van der Waals surface area (Å²) in [6, 6.07) is 4.20. The molecule has 1 unspecified atom stereocenters. The Balaban J connectivity index is 2.03. The van der Waals surface area contributed by atoms with Gasteiger partial charge in [-0.05, 0) is 44.2 Å². The molecule has 0 amide bonds. The summed E-state index contributed by atoms with van der Waals surface area (Å²) in [5.74, 6) is 0. The zero-order chi connectivity index (χ0) is 14.6. The van der Waals surface area contributed by atoms with Crippen LogP contribution < -0.4 is 5.32 Å². The van der Waals surface area contributed by atoms with Gasteiger partial charge in [0.15, 0.2) is 0 Å². The highest BCUT2D eigenvalue weighted by Gasteiger charge is 2.39. The minimum absolute atomic E-state index is 0.218. The number of hydrogen-bond donors (Lipinski definition) is 1. The molecule has 114 valence electrons. The SMILES string of the molecule is CCCNCC(C)S(=O)(=O)N(Cc1cccs1)C1CC1. The largest absolute Gasteiger partial charge is 0.315 e. The van der Waals surface area contributed by atoms with Crippen molar-refractivity contribution in [2.75, 3.05) is 13.1 Å². The van der Waals surface area contributed by atoms with Crippen LogP contribution in [0.15, 0.2) is 17.5 Å². The van der Waals surface area contributed by atoms with E-state index in [1.165, 1.54) is 0 Å². The van der Waals surface area contributed by atoms with Gasteiger partial charge in [0.25, 0.3) is 0 Å². The van der Waals surface area contributed by atoms with Crippen molar-refractivity contribution < 1.29 is 8.42 Å². The lowest BCUT2D eigenvalue weighted by Gasteiger charge is -2.25. The summed E-state index contributed by atoms with van der Waals surface area (Å²) in [6.45, 7) is 5.82. The maximum atomic E-state index is 12.7. The molecule has 1 heterocycles. The number of sulfonamides is 1. The summed E-state index contributed by atoms with van der Waals surface area (Å²) in [4.78, 5) is 1.12. The first-order valence-electron chi connectivity index (χ1n) is 7.29. The Kier molecular flexibility index (Phi) is 5.60. The van der Waals surface area contributed by atoms with Gasteiger partial charge < -0.3 is 5.32 Å². The molecule has 20 heavy (non-hydrogen) atoms. The monoisotopic (exact) mass is 316 g/mol. The fourth-order valence-electron chi connectivity index (χ4n) is 2.16. The predicted octanol–water partition coefficient (Wildman–Crippen LogP) is 2.43. The van der Waals surface area contributed by atoms with Gasteiger partial charge in [0.05, 0.1) is 5.25 Å². The fraction of sp³-hybridized carbons (Fsp3) is 0.714. The molecule has 0 radical (unpaired) electrons. The Morgan fingerprint density at radius 2 is 2.25 bits per heavy atom. The van der Waals surface area contributed by atoms with E-state index in [0.717, 1.165) is 30.7 Å². The van der Waals surface area contributed by atoms with Crippen molar-refractivity contribution in [1.29, 1.82) is 0 Å². The molecule has 1 aliphatic rings. The van der Waals surface area contributed by atoms with Gasteiger partial charge in [0.1, 0.15) is 0 Å². The Hall–Kier alpha value is -0.430. The second kappa shape index (κ2) is 7.02. The molecule has 1 aliphatic carbocycles. The topological polar surface area (TPSA) is 49.4 Å². The highest BCUT2D eigenvalue weighted by Crippen LogP contribution is 2.32. The molecule has 0 aliphatic heterocycles. The van der Waals surface area contributed by atoms with Crippen molar-refractivity contribution >= 4 is 21.4 Å². The van der Waals surface area contributed by atoms with Gasteiger partial charge in [0, 0.05) is 24.0 Å². The number of rotatable bonds is 9. The van der Waals surface area contributed by atoms with Crippen molar-refractivity contribution in [3.05, 3.63) is 22.4 Å². The van der Waals surface area contributed by atoms with Gasteiger partial charge >= 0.3 is 0 Å². The van der Waals surface area contributed by atoms with E-state index in [1.54, 1.807) is 15.6 Å². The summed E-state index contributed by atoms with van der Waals surface area (Å²) in [7, 11) is -3.22. The van der Waals surface area contributed by atoms with Crippen molar-refractivity contribution in [2.24, 2.45) is 0 Å². The Morgan fingerprint density at radius 3 is 2.80 bits per heavy atom. The van der Waals surface area contributed by atoms with Crippen LogP contribution >= 0.6 is 11.3 Å². The summed E-state index contributed by atoms with van der Waals surface area (Å²) in [5.41, 5.74) is 0. The summed E-state index contributed by atoms with van der Waals surface area (Å²) in [5, 5.41) is 4.84. The molecular weight excluding hydrogens is 292 g/mol. The number of nitrogens with zero attached hydrogens (tertiary/aromatic N) is 1. The van der Waals surface area contributed by atoms with Gasteiger partial charge in [-0.3, -0.25) is 0 Å². The van der Waals surface area contributed by atoms with E-state index in [-0.39, 0.29) is 11.3 Å². The minimum atomic E-state index is -3.22. The third-order valence-electron chi connectivity index (χ3n) is 3.54.